The van der Waals surface area contributed by atoms with Crippen LogP contribution in [0.15, 0.2) is 149 Å². The zero-order valence-electron chi connectivity index (χ0n) is 28.7. The summed E-state index contributed by atoms with van der Waals surface area (Å²) in [5, 5.41) is 7.18. The summed E-state index contributed by atoms with van der Waals surface area (Å²) in [4.78, 5) is 5.10. The van der Waals surface area contributed by atoms with Crippen molar-refractivity contribution in [2.75, 3.05) is 0 Å². The molecule has 3 aliphatic rings. The molecule has 9 rings (SSSR count). The fourth-order valence-electron chi connectivity index (χ4n) is 7.50. The number of fused-ring (bicyclic) bond motifs is 5. The molecule has 1 N–H and O–H groups in total. The number of rotatable bonds is 3. The van der Waals surface area contributed by atoms with E-state index in [0.29, 0.717) is 0 Å². The second-order valence-electron chi connectivity index (χ2n) is 13.9. The zero-order valence-corrected chi connectivity index (χ0v) is 29.5. The zero-order chi connectivity index (χ0) is 33.7. The molecule has 3 heteroatoms. The summed E-state index contributed by atoms with van der Waals surface area (Å²) in [6.45, 7) is 11.2. The Hall–Kier alpha value is -5.25. The highest BCUT2D eigenvalue weighted by Gasteiger charge is 2.36. The van der Waals surface area contributed by atoms with Gasteiger partial charge in [-0.3, -0.25) is 4.99 Å². The van der Waals surface area contributed by atoms with E-state index in [-0.39, 0.29) is 11.5 Å². The lowest BCUT2D eigenvalue weighted by atomic mass is 9.81. The molecule has 0 spiro atoms. The van der Waals surface area contributed by atoms with E-state index in [0.717, 1.165) is 17.1 Å². The molecule has 2 heterocycles. The van der Waals surface area contributed by atoms with Gasteiger partial charge in [-0.05, 0) is 106 Å². The van der Waals surface area contributed by atoms with Crippen molar-refractivity contribution in [3.05, 3.63) is 183 Å². The minimum absolute atomic E-state index is 0.0291. The highest BCUT2D eigenvalue weighted by Crippen LogP contribution is 2.49. The van der Waals surface area contributed by atoms with Gasteiger partial charge in [-0.2, -0.15) is 0 Å². The average molecular weight is 653 g/mol. The third kappa shape index (κ3) is 5.58. The van der Waals surface area contributed by atoms with Crippen molar-refractivity contribution in [2.45, 2.75) is 46.1 Å². The molecule has 1 unspecified atom stereocenters. The topological polar surface area (TPSA) is 24.4 Å². The van der Waals surface area contributed by atoms with Gasteiger partial charge in [0.15, 0.2) is 0 Å². The van der Waals surface area contributed by atoms with E-state index in [4.69, 9.17) is 4.99 Å². The van der Waals surface area contributed by atoms with E-state index in [1.807, 2.05) is 11.3 Å². The number of thiophene rings is 1. The Morgan fingerprint density at radius 2 is 1.41 bits per heavy atom. The number of nitrogens with zero attached hydrogens (tertiary/aromatic N) is 1. The predicted molar refractivity (Wildman–Crippen MR) is 211 cm³/mol. The molecule has 6 aromatic rings. The van der Waals surface area contributed by atoms with Gasteiger partial charge in [0.1, 0.15) is 5.84 Å². The molecule has 1 aromatic heterocycles. The Bertz CT molecular complexity index is 2360. The minimum Gasteiger partial charge on any atom is -0.339 e. The van der Waals surface area contributed by atoms with E-state index in [1.54, 1.807) is 0 Å². The molecule has 2 nitrogen and oxygen atoms in total. The molecule has 1 atom stereocenters. The summed E-state index contributed by atoms with van der Waals surface area (Å²) < 4.78 is 1.37. The van der Waals surface area contributed by atoms with Gasteiger partial charge in [0, 0.05) is 21.3 Å². The number of nitrogens with one attached hydrogen (secondary N) is 1. The summed E-state index contributed by atoms with van der Waals surface area (Å²) in [5.74, 6) is 0.934. The summed E-state index contributed by atoms with van der Waals surface area (Å²) in [7, 11) is 0. The fourth-order valence-corrected chi connectivity index (χ4v) is 8.37. The standard InChI is InChI=1S/C30H26N2.C16H14S/c1-19-13-15-22-23-16-14-21(18-26(23)30(2,3)25(22)17-19)29-31-27-12-8-7-11-24(27)28(32-29)20-9-5-4-6-10-20;1-11-5-3-4-6-14(11)15-10-13-7-8-17-16(13)9-12(15)2/h4-18,27H,1-3H3,(H,31,32);3-10H,1-2H3. The molecule has 0 radical (unpaired) electrons. The third-order valence-electron chi connectivity index (χ3n) is 10.2. The van der Waals surface area contributed by atoms with E-state index in [9.17, 15) is 0 Å². The van der Waals surface area contributed by atoms with Crippen molar-refractivity contribution in [3.63, 3.8) is 0 Å². The molecule has 240 valence electrons. The third-order valence-corrected chi connectivity index (χ3v) is 11.1. The molecule has 0 bridgehead atoms. The first-order valence-corrected chi connectivity index (χ1v) is 18.0. The number of aliphatic imine (C=N–C) groups is 1. The van der Waals surface area contributed by atoms with Gasteiger partial charge >= 0.3 is 0 Å². The number of aryl methyl sites for hydroxylation is 3. The van der Waals surface area contributed by atoms with E-state index in [1.165, 1.54) is 71.3 Å². The molecule has 49 heavy (non-hydrogen) atoms. The SMILES string of the molecule is Cc1ccc2c(c1)C(C)(C)c1cc(C3=NC4C=CC=CC4=C(c4ccccc4)N3)ccc1-2.Cc1ccccc1-c1cc2ccsc2cc1C. The van der Waals surface area contributed by atoms with Gasteiger partial charge in [-0.15, -0.1) is 11.3 Å². The largest absolute Gasteiger partial charge is 0.339 e. The first-order valence-electron chi connectivity index (χ1n) is 17.1. The fraction of sp³-hybridized carbons (Fsp3) is 0.152. The Labute approximate surface area is 293 Å². The molecule has 2 aliphatic carbocycles. The summed E-state index contributed by atoms with van der Waals surface area (Å²) >= 11 is 1.81. The van der Waals surface area contributed by atoms with Gasteiger partial charge < -0.3 is 5.32 Å². The lowest BCUT2D eigenvalue weighted by Crippen LogP contribution is -2.32. The van der Waals surface area contributed by atoms with E-state index >= 15 is 0 Å². The van der Waals surface area contributed by atoms with Crippen molar-refractivity contribution in [1.82, 2.24) is 5.32 Å². The van der Waals surface area contributed by atoms with Crippen LogP contribution in [0.2, 0.25) is 0 Å². The minimum atomic E-state index is -0.0291. The van der Waals surface area contributed by atoms with Gasteiger partial charge in [0.2, 0.25) is 0 Å². The van der Waals surface area contributed by atoms with Crippen LogP contribution in [0.4, 0.5) is 0 Å². The highest BCUT2D eigenvalue weighted by atomic mass is 32.1. The number of benzene rings is 5. The van der Waals surface area contributed by atoms with Crippen molar-refractivity contribution in [3.8, 4) is 22.3 Å². The summed E-state index contributed by atoms with van der Waals surface area (Å²) in [6, 6.07) is 39.6. The molecule has 0 fully saturated rings. The second kappa shape index (κ2) is 12.3. The van der Waals surface area contributed by atoms with Gasteiger partial charge in [-0.25, -0.2) is 0 Å². The van der Waals surface area contributed by atoms with Crippen molar-refractivity contribution < 1.29 is 0 Å². The molecule has 0 amide bonds. The Balaban J connectivity index is 0.000000172. The Kier molecular flexibility index (Phi) is 7.81. The van der Waals surface area contributed by atoms with Gasteiger partial charge in [-0.1, -0.05) is 129 Å². The first kappa shape index (κ1) is 31.0. The number of amidine groups is 1. The van der Waals surface area contributed by atoms with Crippen molar-refractivity contribution in [1.29, 1.82) is 0 Å². The van der Waals surface area contributed by atoms with Gasteiger partial charge in [0.05, 0.1) is 11.7 Å². The molecular formula is C46H40N2S. The summed E-state index contributed by atoms with van der Waals surface area (Å²) in [6.07, 6.45) is 8.53. The van der Waals surface area contributed by atoms with E-state index < -0.39 is 0 Å². The van der Waals surface area contributed by atoms with Crippen LogP contribution in [0.25, 0.3) is 38.0 Å². The van der Waals surface area contributed by atoms with Crippen LogP contribution in [-0.4, -0.2) is 11.9 Å². The Morgan fingerprint density at radius 1 is 0.653 bits per heavy atom. The predicted octanol–water partition coefficient (Wildman–Crippen LogP) is 11.7. The lowest BCUT2D eigenvalue weighted by molar-refractivity contribution is 0.659. The first-order chi connectivity index (χ1) is 23.8. The average Bonchev–Trinajstić information content (AvgIpc) is 3.67. The van der Waals surface area contributed by atoms with Crippen LogP contribution in [0.1, 0.15) is 52.8 Å². The normalized spacial score (nSPS) is 16.7. The maximum Gasteiger partial charge on any atom is 0.133 e. The van der Waals surface area contributed by atoms with Crippen molar-refractivity contribution >= 4 is 33.0 Å². The monoisotopic (exact) mass is 652 g/mol. The maximum absolute atomic E-state index is 5.10. The smallest absolute Gasteiger partial charge is 0.133 e. The van der Waals surface area contributed by atoms with Crippen molar-refractivity contribution in [2.24, 2.45) is 4.99 Å². The van der Waals surface area contributed by atoms with Crippen LogP contribution in [-0.2, 0) is 5.41 Å². The van der Waals surface area contributed by atoms with E-state index in [2.05, 4.69) is 179 Å². The molecule has 0 saturated carbocycles. The van der Waals surface area contributed by atoms with Crippen LogP contribution >= 0.6 is 11.3 Å². The lowest BCUT2D eigenvalue weighted by Gasteiger charge is -2.28. The summed E-state index contributed by atoms with van der Waals surface area (Å²) in [5.41, 5.74) is 16.8. The highest BCUT2D eigenvalue weighted by molar-refractivity contribution is 7.17. The van der Waals surface area contributed by atoms with Crippen LogP contribution < -0.4 is 5.32 Å². The molecule has 5 aromatic carbocycles. The quantitative estimate of drug-likeness (QED) is 0.202. The number of allylic oxidation sites excluding steroid dienone is 2. The van der Waals surface area contributed by atoms with Crippen LogP contribution in [0, 0.1) is 20.8 Å². The molecule has 1 aliphatic heterocycles. The van der Waals surface area contributed by atoms with Gasteiger partial charge in [0.25, 0.3) is 0 Å². The van der Waals surface area contributed by atoms with Crippen LogP contribution in [0.5, 0.6) is 0 Å². The Morgan fingerprint density at radius 3 is 2.22 bits per heavy atom. The molecule has 0 saturated heterocycles. The number of hydrogen-bond acceptors (Lipinski definition) is 3. The maximum atomic E-state index is 5.10. The number of hydrogen-bond donors (Lipinski definition) is 1. The second-order valence-corrected chi connectivity index (χ2v) is 14.8. The molecular weight excluding hydrogens is 613 g/mol. The van der Waals surface area contributed by atoms with Crippen LogP contribution in [0.3, 0.4) is 0 Å².